The first kappa shape index (κ1) is 22.5. The van der Waals surface area contributed by atoms with Gasteiger partial charge >= 0.3 is 17.1 Å². The molecule has 0 aliphatic carbocycles. The number of rotatable bonds is 6. The molecular weight excluding hydrogens is 316 g/mol. The van der Waals surface area contributed by atoms with Crippen LogP contribution in [-0.4, -0.2) is 36.0 Å². The standard InChI is InChI=1S/2C4H7NO4.Cu/c2*5-2(4(8)9)1-3(6)7;/h2*2H,1,5H2,(H,6,7)(H,8,9);/q;;+4/p-4/t2*2-;/m00./s1. The van der Waals surface area contributed by atoms with Crippen LogP contribution in [0.3, 0.4) is 0 Å². The number of carboxylic acids is 4. The number of nitrogens with two attached hydrogens (primary N) is 2. The minimum atomic E-state index is -1.58. The van der Waals surface area contributed by atoms with Gasteiger partial charge < -0.3 is 51.1 Å². The Bertz CT molecular complexity index is 303. The second-order valence-electron chi connectivity index (χ2n) is 3.00. The molecule has 11 heteroatoms. The molecule has 0 bridgehead atoms. The first-order chi connectivity index (χ1) is 8.07. The fraction of sp³-hybridized carbons (Fsp3) is 0.500. The SMILES string of the molecule is N[C@@H](CC(=O)[O-])C(=O)[O-].N[C@@H](CC(=O)[O-])C(=O)[O-].[Cu+4]. The third-order valence-corrected chi connectivity index (χ3v) is 1.38. The molecule has 0 saturated heterocycles. The molecule has 0 rings (SSSR count). The zero-order chi connectivity index (χ0) is 14.9. The Kier molecular flexibility index (Phi) is 13.5. The summed E-state index contributed by atoms with van der Waals surface area (Å²) >= 11 is 0. The Hall–Kier alpha value is -1.68. The second-order valence-corrected chi connectivity index (χ2v) is 3.00. The third-order valence-electron chi connectivity index (χ3n) is 1.38. The van der Waals surface area contributed by atoms with E-state index in [9.17, 15) is 39.6 Å². The molecule has 0 spiro atoms. The minimum Gasteiger partial charge on any atom is -0.550 e. The van der Waals surface area contributed by atoms with Gasteiger partial charge in [0.2, 0.25) is 0 Å². The monoisotopic (exact) mass is 325 g/mol. The van der Waals surface area contributed by atoms with Crippen molar-refractivity contribution in [3.05, 3.63) is 0 Å². The summed E-state index contributed by atoms with van der Waals surface area (Å²) in [6.07, 6.45) is -1.41. The van der Waals surface area contributed by atoms with E-state index in [0.29, 0.717) is 0 Å². The topological polar surface area (TPSA) is 213 Å². The number of carboxylic acid groups (broad SMARTS) is 4. The van der Waals surface area contributed by atoms with Gasteiger partial charge in [0.05, 0.1) is 11.9 Å². The maximum absolute atomic E-state index is 9.71. The van der Waals surface area contributed by atoms with Gasteiger partial charge in [-0.05, 0) is 0 Å². The summed E-state index contributed by atoms with van der Waals surface area (Å²) in [7, 11) is 0. The van der Waals surface area contributed by atoms with Gasteiger partial charge in [-0.25, -0.2) is 0 Å². The quantitative estimate of drug-likeness (QED) is 0.440. The average Bonchev–Trinajstić information content (AvgIpc) is 2.16. The van der Waals surface area contributed by atoms with Crippen molar-refractivity contribution in [2.45, 2.75) is 24.9 Å². The molecule has 111 valence electrons. The number of aliphatic carboxylic acids is 4. The molecule has 0 aliphatic heterocycles. The molecule has 19 heavy (non-hydrogen) atoms. The van der Waals surface area contributed by atoms with Crippen LogP contribution in [0.2, 0.25) is 0 Å². The van der Waals surface area contributed by atoms with Gasteiger partial charge in [0.25, 0.3) is 0 Å². The molecule has 0 fully saturated rings. The van der Waals surface area contributed by atoms with Gasteiger partial charge in [0.15, 0.2) is 0 Å². The summed E-state index contributed by atoms with van der Waals surface area (Å²) in [6.45, 7) is 0. The van der Waals surface area contributed by atoms with Gasteiger partial charge in [0.1, 0.15) is 0 Å². The molecule has 0 heterocycles. The number of hydrogen-bond acceptors (Lipinski definition) is 10. The summed E-state index contributed by atoms with van der Waals surface area (Å²) in [5.74, 6) is -6.16. The fourth-order valence-electron chi connectivity index (χ4n) is 0.526. The summed E-state index contributed by atoms with van der Waals surface area (Å²) in [4.78, 5) is 38.7. The molecule has 0 saturated carbocycles. The van der Waals surface area contributed by atoms with Crippen molar-refractivity contribution in [2.24, 2.45) is 11.5 Å². The van der Waals surface area contributed by atoms with Crippen LogP contribution < -0.4 is 31.9 Å². The van der Waals surface area contributed by atoms with Crippen LogP contribution in [0.15, 0.2) is 0 Å². The summed E-state index contributed by atoms with van der Waals surface area (Å²) < 4.78 is 0. The molecule has 0 aromatic carbocycles. The fourth-order valence-corrected chi connectivity index (χ4v) is 0.526. The molecule has 0 unspecified atom stereocenters. The maximum Gasteiger partial charge on any atom is 4.00 e. The molecular formula is C8H10CuN2O8. The molecule has 10 nitrogen and oxygen atoms in total. The Morgan fingerprint density at radius 1 is 0.737 bits per heavy atom. The van der Waals surface area contributed by atoms with E-state index in [1.54, 1.807) is 0 Å². The first-order valence-electron chi connectivity index (χ1n) is 4.40. The number of carbonyl (C=O) groups is 4. The Morgan fingerprint density at radius 2 is 0.947 bits per heavy atom. The molecule has 4 N–H and O–H groups in total. The van der Waals surface area contributed by atoms with Crippen molar-refractivity contribution < 1.29 is 56.7 Å². The molecule has 0 aromatic rings. The Labute approximate surface area is 117 Å². The van der Waals surface area contributed by atoms with Crippen molar-refractivity contribution >= 4 is 23.9 Å². The molecule has 0 aliphatic rings. The van der Waals surface area contributed by atoms with Crippen LogP contribution in [-0.2, 0) is 36.2 Å². The average molecular weight is 326 g/mol. The van der Waals surface area contributed by atoms with Gasteiger partial charge in [-0.1, -0.05) is 0 Å². The molecule has 0 amide bonds. The predicted molar refractivity (Wildman–Crippen MR) is 45.2 cm³/mol. The first-order valence-corrected chi connectivity index (χ1v) is 4.40. The van der Waals surface area contributed by atoms with Crippen LogP contribution in [0.25, 0.3) is 0 Å². The van der Waals surface area contributed by atoms with Gasteiger partial charge in [-0.2, -0.15) is 0 Å². The van der Waals surface area contributed by atoms with E-state index in [4.69, 9.17) is 11.5 Å². The van der Waals surface area contributed by atoms with Crippen molar-refractivity contribution in [3.63, 3.8) is 0 Å². The molecule has 0 aromatic heterocycles. The van der Waals surface area contributed by atoms with E-state index in [0.717, 1.165) is 0 Å². The number of hydrogen-bond donors (Lipinski definition) is 2. The smallest absolute Gasteiger partial charge is 0.550 e. The zero-order valence-electron chi connectivity index (χ0n) is 9.29. The van der Waals surface area contributed by atoms with E-state index in [-0.39, 0.29) is 17.1 Å². The van der Waals surface area contributed by atoms with E-state index in [1.807, 2.05) is 0 Å². The summed E-state index contributed by atoms with van der Waals surface area (Å²) in [5.41, 5.74) is 9.47. The Balaban J connectivity index is -0.000000256. The maximum atomic E-state index is 9.71. The summed E-state index contributed by atoms with van der Waals surface area (Å²) in [6, 6.07) is -2.93. The van der Waals surface area contributed by atoms with Gasteiger partial charge in [0, 0.05) is 36.9 Å². The van der Waals surface area contributed by atoms with Crippen LogP contribution in [0, 0.1) is 0 Å². The van der Waals surface area contributed by atoms with E-state index >= 15 is 0 Å². The Morgan fingerprint density at radius 3 is 1.00 bits per heavy atom. The minimum absolute atomic E-state index is 0. The van der Waals surface area contributed by atoms with Crippen LogP contribution in [0.5, 0.6) is 0 Å². The van der Waals surface area contributed by atoms with Crippen molar-refractivity contribution in [2.75, 3.05) is 0 Å². The van der Waals surface area contributed by atoms with Gasteiger partial charge in [-0.15, -0.1) is 0 Å². The normalized spacial score (nSPS) is 11.9. The molecule has 1 radical (unpaired) electrons. The predicted octanol–water partition coefficient (Wildman–Crippen LogP) is -7.60. The van der Waals surface area contributed by atoms with Gasteiger partial charge in [-0.3, -0.25) is 0 Å². The zero-order valence-corrected chi connectivity index (χ0v) is 10.2. The largest absolute Gasteiger partial charge is 4.00 e. The number of carbonyl (C=O) groups excluding carboxylic acids is 4. The molecule has 2 atom stereocenters. The second kappa shape index (κ2) is 11.4. The third kappa shape index (κ3) is 16.3. The van der Waals surface area contributed by atoms with Crippen LogP contribution >= 0.6 is 0 Å². The van der Waals surface area contributed by atoms with Crippen LogP contribution in [0.1, 0.15) is 12.8 Å². The van der Waals surface area contributed by atoms with E-state index < -0.39 is 48.8 Å². The van der Waals surface area contributed by atoms with Crippen molar-refractivity contribution in [1.29, 1.82) is 0 Å². The summed E-state index contributed by atoms with van der Waals surface area (Å²) in [5, 5.41) is 38.7. The van der Waals surface area contributed by atoms with E-state index in [1.165, 1.54) is 0 Å². The van der Waals surface area contributed by atoms with Crippen molar-refractivity contribution in [3.8, 4) is 0 Å². The van der Waals surface area contributed by atoms with Crippen molar-refractivity contribution in [1.82, 2.24) is 0 Å². The van der Waals surface area contributed by atoms with E-state index in [2.05, 4.69) is 0 Å². The van der Waals surface area contributed by atoms with Crippen LogP contribution in [0.4, 0.5) is 0 Å².